The number of rotatable bonds is 0. The molecule has 0 unspecified atom stereocenters. The van der Waals surface area contributed by atoms with E-state index in [0.29, 0.717) is 0 Å². The molecule has 2 heteroatoms. The lowest BCUT2D eigenvalue weighted by Gasteiger charge is -2.12. The predicted octanol–water partition coefficient (Wildman–Crippen LogP) is 1.56. The van der Waals surface area contributed by atoms with Gasteiger partial charge in [-0.3, -0.25) is 4.79 Å². The number of pyridine rings is 1. The minimum atomic E-state index is -0.0499. The molecule has 0 aromatic carbocycles. The van der Waals surface area contributed by atoms with Crippen LogP contribution in [-0.4, -0.2) is 4.98 Å². The summed E-state index contributed by atoms with van der Waals surface area (Å²) in [5, 5.41) is 1.97. The molecule has 0 spiro atoms. The summed E-state index contributed by atoms with van der Waals surface area (Å²) in [5.41, 5.74) is -0.0578. The molecule has 1 aromatic rings. The number of aromatic amines is 1. The summed E-state index contributed by atoms with van der Waals surface area (Å²) in [4.78, 5) is 14.0. The number of allylic oxidation sites excluding steroid dienone is 2. The van der Waals surface area contributed by atoms with Gasteiger partial charge in [0.05, 0.1) is 0 Å². The van der Waals surface area contributed by atoms with Crippen molar-refractivity contribution >= 4 is 12.2 Å². The Bertz CT molecular complexity index is 547. The molecule has 1 heterocycles. The van der Waals surface area contributed by atoms with Crippen LogP contribution in [-0.2, 0) is 0 Å². The van der Waals surface area contributed by atoms with Crippen LogP contribution in [0.2, 0.25) is 0 Å². The molecule has 0 atom stereocenters. The Hall–Kier alpha value is -1.57. The van der Waals surface area contributed by atoms with Crippen molar-refractivity contribution < 1.29 is 0 Å². The molecular weight excluding hydrogens is 198 g/mol. The normalized spacial score (nSPS) is 15.8. The Morgan fingerprint density at radius 2 is 1.88 bits per heavy atom. The zero-order chi connectivity index (χ0) is 12.2. The maximum Gasteiger partial charge on any atom is 0.248 e. The smallest absolute Gasteiger partial charge is 0.248 e. The second-order valence-corrected chi connectivity index (χ2v) is 4.18. The zero-order valence-corrected chi connectivity index (χ0v) is 10.4. The molecule has 0 radical (unpaired) electrons. The first-order valence-electron chi connectivity index (χ1n) is 5.69. The monoisotopic (exact) mass is 217 g/mol. The van der Waals surface area contributed by atoms with Crippen molar-refractivity contribution in [2.75, 3.05) is 0 Å². The lowest BCUT2D eigenvalue weighted by Crippen LogP contribution is -2.34. The second-order valence-electron chi connectivity index (χ2n) is 4.18. The Morgan fingerprint density at radius 1 is 1.19 bits per heavy atom. The van der Waals surface area contributed by atoms with Crippen molar-refractivity contribution in [1.29, 1.82) is 0 Å². The van der Waals surface area contributed by atoms with Crippen LogP contribution < -0.4 is 16.1 Å². The van der Waals surface area contributed by atoms with Gasteiger partial charge in [-0.15, -0.1) is 0 Å². The van der Waals surface area contributed by atoms with E-state index < -0.39 is 0 Å². The third kappa shape index (κ3) is 2.96. The fourth-order valence-corrected chi connectivity index (χ4v) is 1.59. The average molecular weight is 217 g/mol. The number of nitrogens with one attached hydrogen (secondary N) is 1. The third-order valence-corrected chi connectivity index (χ3v) is 2.30. The van der Waals surface area contributed by atoms with Crippen LogP contribution in [0.15, 0.2) is 29.1 Å². The van der Waals surface area contributed by atoms with Gasteiger partial charge in [-0.1, -0.05) is 52.0 Å². The van der Waals surface area contributed by atoms with E-state index in [2.05, 4.69) is 31.0 Å². The van der Waals surface area contributed by atoms with E-state index in [1.54, 1.807) is 6.07 Å². The van der Waals surface area contributed by atoms with Crippen molar-refractivity contribution in [3.63, 3.8) is 0 Å². The number of H-pyrrole nitrogens is 1. The van der Waals surface area contributed by atoms with Crippen molar-refractivity contribution in [3.8, 4) is 0 Å². The molecule has 0 fully saturated rings. The highest BCUT2D eigenvalue weighted by atomic mass is 16.1. The van der Waals surface area contributed by atoms with Gasteiger partial charge < -0.3 is 4.98 Å². The summed E-state index contributed by atoms with van der Waals surface area (Å²) < 4.78 is 0. The zero-order valence-electron chi connectivity index (χ0n) is 10.4. The molecule has 0 saturated heterocycles. The number of fused-ring (bicyclic) bond motifs is 1. The minimum Gasteiger partial charge on any atom is -0.322 e. The highest BCUT2D eigenvalue weighted by molar-refractivity contribution is 5.46. The summed E-state index contributed by atoms with van der Waals surface area (Å²) in [6, 6.07) is 3.39. The molecular formula is C14H19NO. The van der Waals surface area contributed by atoms with Crippen LogP contribution in [0.3, 0.4) is 0 Å². The molecule has 2 nitrogen and oxygen atoms in total. The van der Waals surface area contributed by atoms with Crippen LogP contribution in [0.1, 0.15) is 27.7 Å². The van der Waals surface area contributed by atoms with Gasteiger partial charge in [-0.05, 0) is 11.3 Å². The summed E-state index contributed by atoms with van der Waals surface area (Å²) in [7, 11) is 0. The topological polar surface area (TPSA) is 32.9 Å². The van der Waals surface area contributed by atoms with Gasteiger partial charge in [0.1, 0.15) is 0 Å². The summed E-state index contributed by atoms with van der Waals surface area (Å²) in [5.74, 6) is 0. The first kappa shape index (κ1) is 12.5. The maximum absolute atomic E-state index is 11.2. The van der Waals surface area contributed by atoms with Gasteiger partial charge in [0.2, 0.25) is 5.56 Å². The lowest BCUT2D eigenvalue weighted by atomic mass is 9.93. The minimum absolute atomic E-state index is 0.00789. The van der Waals surface area contributed by atoms with Crippen LogP contribution in [0.5, 0.6) is 0 Å². The van der Waals surface area contributed by atoms with E-state index in [9.17, 15) is 4.79 Å². The van der Waals surface area contributed by atoms with Crippen molar-refractivity contribution in [2.45, 2.75) is 27.7 Å². The van der Waals surface area contributed by atoms with Crippen LogP contribution >= 0.6 is 0 Å². The van der Waals surface area contributed by atoms with E-state index >= 15 is 0 Å². The van der Waals surface area contributed by atoms with Crippen molar-refractivity contribution in [3.05, 3.63) is 45.2 Å². The molecule has 86 valence electrons. The molecule has 2 rings (SSSR count). The summed E-state index contributed by atoms with van der Waals surface area (Å²) in [6.45, 7) is 8.22. The van der Waals surface area contributed by atoms with Gasteiger partial charge in [0.25, 0.3) is 0 Å². The molecule has 1 N–H and O–H groups in total. The standard InChI is InChI=1S/C12H13NO.C2H6/c1-12(2)7-3-4-9-5-6-11(14)13-10(9)8-12;1-2/h3-8H,1-2H3,(H,13,14);1-2H3. The SMILES string of the molecule is CC.CC1(C)C=CC=c2ccc(=O)[nH]c2=C1. The first-order chi connectivity index (χ1) is 7.57. The lowest BCUT2D eigenvalue weighted by molar-refractivity contribution is 0.668. The van der Waals surface area contributed by atoms with Gasteiger partial charge >= 0.3 is 0 Å². The molecule has 1 aliphatic rings. The summed E-state index contributed by atoms with van der Waals surface area (Å²) in [6.07, 6.45) is 8.23. The third-order valence-electron chi connectivity index (χ3n) is 2.30. The number of hydrogen-bond donors (Lipinski definition) is 1. The van der Waals surface area contributed by atoms with Crippen molar-refractivity contribution in [2.24, 2.45) is 5.41 Å². The quantitative estimate of drug-likeness (QED) is 0.703. The Morgan fingerprint density at radius 3 is 2.56 bits per heavy atom. The van der Waals surface area contributed by atoms with E-state index in [1.807, 2.05) is 32.1 Å². The van der Waals surface area contributed by atoms with Gasteiger partial charge in [-0.2, -0.15) is 0 Å². The van der Waals surface area contributed by atoms with E-state index in [-0.39, 0.29) is 11.0 Å². The Kier molecular flexibility index (Phi) is 3.88. The summed E-state index contributed by atoms with van der Waals surface area (Å²) >= 11 is 0. The second kappa shape index (κ2) is 4.97. The van der Waals surface area contributed by atoms with Gasteiger partial charge in [0, 0.05) is 16.8 Å². The Labute approximate surface area is 96.0 Å². The first-order valence-corrected chi connectivity index (χ1v) is 5.69. The highest BCUT2D eigenvalue weighted by Gasteiger charge is 2.10. The molecule has 0 saturated carbocycles. The van der Waals surface area contributed by atoms with E-state index in [0.717, 1.165) is 10.6 Å². The molecule has 0 bridgehead atoms. The van der Waals surface area contributed by atoms with Crippen LogP contribution in [0.25, 0.3) is 12.2 Å². The molecule has 16 heavy (non-hydrogen) atoms. The van der Waals surface area contributed by atoms with Gasteiger partial charge in [0.15, 0.2) is 0 Å². The number of hydrogen-bond acceptors (Lipinski definition) is 1. The van der Waals surface area contributed by atoms with E-state index in [1.165, 1.54) is 0 Å². The van der Waals surface area contributed by atoms with E-state index in [4.69, 9.17) is 0 Å². The molecule has 1 aromatic heterocycles. The fraction of sp³-hybridized carbons (Fsp3) is 0.357. The Balaban J connectivity index is 0.000000606. The maximum atomic E-state index is 11.2. The predicted molar refractivity (Wildman–Crippen MR) is 69.5 cm³/mol. The van der Waals surface area contributed by atoms with Crippen LogP contribution in [0.4, 0.5) is 0 Å². The number of aromatic nitrogens is 1. The van der Waals surface area contributed by atoms with Crippen LogP contribution in [0, 0.1) is 5.41 Å². The average Bonchev–Trinajstić information content (AvgIpc) is 2.37. The molecule has 0 aliphatic heterocycles. The fourth-order valence-electron chi connectivity index (χ4n) is 1.59. The molecule has 0 amide bonds. The van der Waals surface area contributed by atoms with Crippen molar-refractivity contribution in [1.82, 2.24) is 4.98 Å². The highest BCUT2D eigenvalue weighted by Crippen LogP contribution is 2.18. The molecule has 1 aliphatic carbocycles. The van der Waals surface area contributed by atoms with Gasteiger partial charge in [-0.25, -0.2) is 0 Å². The largest absolute Gasteiger partial charge is 0.322 e.